The fraction of sp³-hybridized carbons (Fsp3) is 0.235. The molecule has 0 radical (unpaired) electrons. The second kappa shape index (κ2) is 7.19. The van der Waals surface area contributed by atoms with Gasteiger partial charge in [0.05, 0.1) is 7.11 Å². The molecule has 0 saturated carbocycles. The number of carbonyl (C=O) groups is 1. The quantitative estimate of drug-likeness (QED) is 0.890. The molecule has 0 spiro atoms. The standard InChI is InChI=1S/C17H18F2N2O2/c1-10(20)9-21-17(22)12-5-11(6-14(19)7-12)15-8-13(18)3-4-16(15)23-2/h3-8,10H,9,20H2,1-2H3,(H,21,22). The Hall–Kier alpha value is -2.47. The smallest absolute Gasteiger partial charge is 0.251 e. The number of nitrogens with one attached hydrogen (secondary N) is 1. The lowest BCUT2D eigenvalue weighted by atomic mass is 10.0. The van der Waals surface area contributed by atoms with E-state index in [1.807, 2.05) is 0 Å². The van der Waals surface area contributed by atoms with Crippen LogP contribution in [0, 0.1) is 11.6 Å². The molecule has 2 aromatic carbocycles. The summed E-state index contributed by atoms with van der Waals surface area (Å²) in [6.07, 6.45) is 0. The summed E-state index contributed by atoms with van der Waals surface area (Å²) in [5.74, 6) is -1.13. The number of benzene rings is 2. The molecule has 4 nitrogen and oxygen atoms in total. The number of rotatable bonds is 5. The molecule has 0 aromatic heterocycles. The van der Waals surface area contributed by atoms with Gasteiger partial charge in [0.15, 0.2) is 0 Å². The maximum absolute atomic E-state index is 13.9. The predicted molar refractivity (Wildman–Crippen MR) is 84.3 cm³/mol. The molecule has 2 aromatic rings. The van der Waals surface area contributed by atoms with Crippen LogP contribution in [0.25, 0.3) is 11.1 Å². The molecule has 0 saturated heterocycles. The van der Waals surface area contributed by atoms with Crippen molar-refractivity contribution in [1.82, 2.24) is 5.32 Å². The molecule has 2 rings (SSSR count). The normalized spacial score (nSPS) is 11.9. The maximum Gasteiger partial charge on any atom is 0.251 e. The van der Waals surface area contributed by atoms with Gasteiger partial charge in [0, 0.05) is 23.7 Å². The van der Waals surface area contributed by atoms with Gasteiger partial charge in [0.2, 0.25) is 0 Å². The Balaban J connectivity index is 2.41. The highest BCUT2D eigenvalue weighted by Crippen LogP contribution is 2.31. The first-order valence-corrected chi connectivity index (χ1v) is 7.09. The summed E-state index contributed by atoms with van der Waals surface area (Å²) in [6, 6.07) is 7.54. The zero-order valence-electron chi connectivity index (χ0n) is 12.9. The van der Waals surface area contributed by atoms with E-state index in [9.17, 15) is 13.6 Å². The van der Waals surface area contributed by atoms with Crippen LogP contribution in [-0.4, -0.2) is 25.6 Å². The average molecular weight is 320 g/mol. The molecule has 0 bridgehead atoms. The highest BCUT2D eigenvalue weighted by molar-refractivity contribution is 5.95. The highest BCUT2D eigenvalue weighted by atomic mass is 19.1. The number of ether oxygens (including phenoxy) is 1. The Labute approximate surface area is 133 Å². The van der Waals surface area contributed by atoms with Crippen molar-refractivity contribution >= 4 is 5.91 Å². The minimum atomic E-state index is -0.597. The summed E-state index contributed by atoms with van der Waals surface area (Å²) >= 11 is 0. The van der Waals surface area contributed by atoms with Crippen molar-refractivity contribution in [3.63, 3.8) is 0 Å². The number of halogens is 2. The number of hydrogen-bond acceptors (Lipinski definition) is 3. The summed E-state index contributed by atoms with van der Waals surface area (Å²) in [4.78, 5) is 12.1. The van der Waals surface area contributed by atoms with Gasteiger partial charge in [-0.15, -0.1) is 0 Å². The van der Waals surface area contributed by atoms with E-state index in [4.69, 9.17) is 10.5 Å². The third-order valence-electron chi connectivity index (χ3n) is 3.22. The average Bonchev–Trinajstić information content (AvgIpc) is 2.51. The lowest BCUT2D eigenvalue weighted by molar-refractivity contribution is 0.0951. The number of amides is 1. The van der Waals surface area contributed by atoms with Gasteiger partial charge in [0.25, 0.3) is 5.91 Å². The van der Waals surface area contributed by atoms with Gasteiger partial charge >= 0.3 is 0 Å². The van der Waals surface area contributed by atoms with Crippen molar-refractivity contribution in [2.24, 2.45) is 5.73 Å². The van der Waals surface area contributed by atoms with Crippen LogP contribution in [0.2, 0.25) is 0 Å². The minimum absolute atomic E-state index is 0.131. The number of carbonyl (C=O) groups excluding carboxylic acids is 1. The Morgan fingerprint density at radius 3 is 2.61 bits per heavy atom. The van der Waals surface area contributed by atoms with E-state index in [0.29, 0.717) is 16.9 Å². The summed E-state index contributed by atoms with van der Waals surface area (Å²) in [7, 11) is 1.44. The van der Waals surface area contributed by atoms with E-state index in [2.05, 4.69) is 5.32 Å². The van der Waals surface area contributed by atoms with Gasteiger partial charge in [0.1, 0.15) is 17.4 Å². The molecule has 0 heterocycles. The van der Waals surface area contributed by atoms with E-state index < -0.39 is 17.5 Å². The van der Waals surface area contributed by atoms with Crippen LogP contribution in [0.1, 0.15) is 17.3 Å². The molecule has 23 heavy (non-hydrogen) atoms. The van der Waals surface area contributed by atoms with Crippen LogP contribution < -0.4 is 15.8 Å². The summed E-state index contributed by atoms with van der Waals surface area (Å²) in [6.45, 7) is 2.02. The van der Waals surface area contributed by atoms with Crippen LogP contribution in [0.5, 0.6) is 5.75 Å². The zero-order chi connectivity index (χ0) is 17.0. The summed E-state index contributed by atoms with van der Waals surface area (Å²) in [5.41, 5.74) is 6.43. The molecule has 3 N–H and O–H groups in total. The van der Waals surface area contributed by atoms with Crippen molar-refractivity contribution < 1.29 is 18.3 Å². The maximum atomic E-state index is 13.9. The van der Waals surface area contributed by atoms with Crippen molar-refractivity contribution in [2.75, 3.05) is 13.7 Å². The summed E-state index contributed by atoms with van der Waals surface area (Å²) < 4.78 is 32.5. The first-order valence-electron chi connectivity index (χ1n) is 7.09. The first-order chi connectivity index (χ1) is 10.9. The number of nitrogens with two attached hydrogens (primary N) is 1. The van der Waals surface area contributed by atoms with E-state index in [1.165, 1.54) is 37.4 Å². The summed E-state index contributed by atoms with van der Waals surface area (Å²) in [5, 5.41) is 2.61. The van der Waals surface area contributed by atoms with Crippen LogP contribution in [-0.2, 0) is 0 Å². The minimum Gasteiger partial charge on any atom is -0.496 e. The monoisotopic (exact) mass is 320 g/mol. The number of hydrogen-bond donors (Lipinski definition) is 2. The predicted octanol–water partition coefficient (Wildman–Crippen LogP) is 2.72. The number of methoxy groups -OCH3 is 1. The van der Waals surface area contributed by atoms with Gasteiger partial charge in [-0.05, 0) is 48.9 Å². The van der Waals surface area contributed by atoms with Gasteiger partial charge in [-0.2, -0.15) is 0 Å². The molecule has 0 aliphatic rings. The largest absolute Gasteiger partial charge is 0.496 e. The lowest BCUT2D eigenvalue weighted by Crippen LogP contribution is -2.35. The Bertz CT molecular complexity index is 718. The molecule has 122 valence electrons. The van der Waals surface area contributed by atoms with Crippen LogP contribution in [0.3, 0.4) is 0 Å². The molecule has 1 atom stereocenters. The second-order valence-electron chi connectivity index (χ2n) is 5.26. The van der Waals surface area contributed by atoms with Crippen LogP contribution >= 0.6 is 0 Å². The molecule has 1 unspecified atom stereocenters. The van der Waals surface area contributed by atoms with E-state index in [1.54, 1.807) is 6.92 Å². The molecule has 0 fully saturated rings. The fourth-order valence-electron chi connectivity index (χ4n) is 2.14. The third kappa shape index (κ3) is 4.26. The van der Waals surface area contributed by atoms with Crippen LogP contribution in [0.15, 0.2) is 36.4 Å². The molecule has 0 aliphatic carbocycles. The molecule has 1 amide bonds. The fourth-order valence-corrected chi connectivity index (χ4v) is 2.14. The van der Waals surface area contributed by atoms with Crippen molar-refractivity contribution in [3.05, 3.63) is 53.6 Å². The van der Waals surface area contributed by atoms with E-state index in [-0.39, 0.29) is 18.2 Å². The van der Waals surface area contributed by atoms with Crippen LogP contribution in [0.4, 0.5) is 8.78 Å². The van der Waals surface area contributed by atoms with Crippen molar-refractivity contribution in [1.29, 1.82) is 0 Å². The first kappa shape index (κ1) is 16.9. The molecular formula is C17H18F2N2O2. The molecule has 0 aliphatic heterocycles. The lowest BCUT2D eigenvalue weighted by Gasteiger charge is -2.12. The molecule has 6 heteroatoms. The van der Waals surface area contributed by atoms with Gasteiger partial charge in [-0.1, -0.05) is 0 Å². The van der Waals surface area contributed by atoms with Crippen molar-refractivity contribution in [3.8, 4) is 16.9 Å². The Kier molecular flexibility index (Phi) is 5.28. The van der Waals surface area contributed by atoms with E-state index in [0.717, 1.165) is 6.07 Å². The van der Waals surface area contributed by atoms with E-state index >= 15 is 0 Å². The third-order valence-corrected chi connectivity index (χ3v) is 3.22. The van der Waals surface area contributed by atoms with Gasteiger partial charge < -0.3 is 15.8 Å². The second-order valence-corrected chi connectivity index (χ2v) is 5.26. The Morgan fingerprint density at radius 2 is 1.96 bits per heavy atom. The topological polar surface area (TPSA) is 64.3 Å². The van der Waals surface area contributed by atoms with Gasteiger partial charge in [-0.25, -0.2) is 8.78 Å². The Morgan fingerprint density at radius 1 is 1.22 bits per heavy atom. The highest BCUT2D eigenvalue weighted by Gasteiger charge is 2.13. The van der Waals surface area contributed by atoms with Gasteiger partial charge in [-0.3, -0.25) is 4.79 Å². The zero-order valence-corrected chi connectivity index (χ0v) is 12.9. The molecular weight excluding hydrogens is 302 g/mol. The van der Waals surface area contributed by atoms with Crippen molar-refractivity contribution in [2.45, 2.75) is 13.0 Å². The SMILES string of the molecule is COc1ccc(F)cc1-c1cc(F)cc(C(=O)NCC(C)N)c1.